The maximum atomic E-state index is 12.2. The Morgan fingerprint density at radius 2 is 2.18 bits per heavy atom. The van der Waals surface area contributed by atoms with Crippen LogP contribution in [0, 0.1) is 18.3 Å². The largest absolute Gasteiger partial charge is 0.292 e. The van der Waals surface area contributed by atoms with Crippen LogP contribution in [0.25, 0.3) is 0 Å². The van der Waals surface area contributed by atoms with Crippen LogP contribution in [-0.2, 0) is 0 Å². The van der Waals surface area contributed by atoms with E-state index in [1.54, 1.807) is 6.07 Å². The molecule has 0 spiro atoms. The van der Waals surface area contributed by atoms with Gasteiger partial charge in [0.1, 0.15) is 5.92 Å². The van der Waals surface area contributed by atoms with Gasteiger partial charge >= 0.3 is 0 Å². The van der Waals surface area contributed by atoms with Gasteiger partial charge in [-0.15, -0.1) is 11.3 Å². The van der Waals surface area contributed by atoms with Gasteiger partial charge in [0.25, 0.3) is 0 Å². The van der Waals surface area contributed by atoms with Crippen molar-refractivity contribution in [1.82, 2.24) is 0 Å². The molecule has 2 aromatic rings. The first-order valence-electron chi connectivity index (χ1n) is 5.26. The third-order valence-corrected chi connectivity index (χ3v) is 3.46. The van der Waals surface area contributed by atoms with Gasteiger partial charge in [-0.1, -0.05) is 29.8 Å². The summed E-state index contributed by atoms with van der Waals surface area (Å²) in [6.45, 7) is 1.93. The van der Waals surface area contributed by atoms with Gasteiger partial charge in [0, 0.05) is 10.4 Å². The Bertz CT molecular complexity index is 566. The first-order chi connectivity index (χ1) is 8.22. The van der Waals surface area contributed by atoms with Crippen molar-refractivity contribution in [3.05, 3.63) is 57.8 Å². The molecule has 0 saturated carbocycles. The zero-order valence-electron chi connectivity index (χ0n) is 9.38. The van der Waals surface area contributed by atoms with E-state index < -0.39 is 5.92 Å². The van der Waals surface area contributed by atoms with Crippen LogP contribution in [0.1, 0.15) is 26.7 Å². The molecule has 0 radical (unpaired) electrons. The molecule has 1 aromatic carbocycles. The minimum atomic E-state index is -0.684. The SMILES string of the molecule is Cc1cccc(C(=O)C(C#N)c2cccs2)c1. The van der Waals surface area contributed by atoms with Gasteiger partial charge in [-0.2, -0.15) is 5.26 Å². The van der Waals surface area contributed by atoms with Crippen molar-refractivity contribution in [1.29, 1.82) is 5.26 Å². The molecule has 2 rings (SSSR count). The van der Waals surface area contributed by atoms with Crippen molar-refractivity contribution in [3.8, 4) is 6.07 Å². The highest BCUT2D eigenvalue weighted by atomic mass is 32.1. The van der Waals surface area contributed by atoms with Crippen LogP contribution >= 0.6 is 11.3 Å². The Labute approximate surface area is 104 Å². The molecule has 0 amide bonds. The number of aryl methyl sites for hydroxylation is 1. The molecule has 0 N–H and O–H groups in total. The summed E-state index contributed by atoms with van der Waals surface area (Å²) in [5.74, 6) is -0.810. The maximum Gasteiger partial charge on any atom is 0.185 e. The maximum absolute atomic E-state index is 12.2. The van der Waals surface area contributed by atoms with E-state index in [1.165, 1.54) is 11.3 Å². The summed E-state index contributed by atoms with van der Waals surface area (Å²) in [4.78, 5) is 13.0. The third-order valence-electron chi connectivity index (χ3n) is 2.52. The fourth-order valence-electron chi connectivity index (χ4n) is 1.67. The number of benzene rings is 1. The second-order valence-corrected chi connectivity index (χ2v) is 4.79. The number of rotatable bonds is 3. The van der Waals surface area contributed by atoms with Crippen LogP contribution in [0.15, 0.2) is 41.8 Å². The molecule has 17 heavy (non-hydrogen) atoms. The highest BCUT2D eigenvalue weighted by Gasteiger charge is 2.22. The summed E-state index contributed by atoms with van der Waals surface area (Å²) in [5, 5.41) is 11.0. The van der Waals surface area contributed by atoms with Gasteiger partial charge in [-0.25, -0.2) is 0 Å². The molecule has 0 saturated heterocycles. The number of carbonyl (C=O) groups is 1. The lowest BCUT2D eigenvalue weighted by atomic mass is 9.96. The fraction of sp³-hybridized carbons (Fsp3) is 0.143. The summed E-state index contributed by atoms with van der Waals surface area (Å²) >= 11 is 1.44. The quantitative estimate of drug-likeness (QED) is 0.771. The second-order valence-electron chi connectivity index (χ2n) is 3.81. The molecule has 84 valence electrons. The number of Topliss-reactive ketones (excluding diaryl/α,β-unsaturated/α-hetero) is 1. The van der Waals surface area contributed by atoms with E-state index in [0.29, 0.717) is 5.56 Å². The fourth-order valence-corrected chi connectivity index (χ4v) is 2.44. The van der Waals surface area contributed by atoms with Gasteiger partial charge in [0.2, 0.25) is 0 Å². The molecule has 1 atom stereocenters. The minimum absolute atomic E-state index is 0.126. The number of nitrogens with zero attached hydrogens (tertiary/aromatic N) is 1. The molecule has 1 unspecified atom stereocenters. The third kappa shape index (κ3) is 2.43. The molecule has 0 aliphatic heterocycles. The van der Waals surface area contributed by atoms with Crippen LogP contribution in [0.2, 0.25) is 0 Å². The summed E-state index contributed by atoms with van der Waals surface area (Å²) in [6.07, 6.45) is 0. The lowest BCUT2D eigenvalue weighted by molar-refractivity contribution is 0.0980. The van der Waals surface area contributed by atoms with Crippen LogP contribution in [-0.4, -0.2) is 5.78 Å². The second kappa shape index (κ2) is 4.94. The number of nitriles is 1. The Hall–Kier alpha value is -1.92. The number of carbonyl (C=O) groups excluding carboxylic acids is 1. The van der Waals surface area contributed by atoms with Crippen molar-refractivity contribution < 1.29 is 4.79 Å². The van der Waals surface area contributed by atoms with Gasteiger partial charge in [0.05, 0.1) is 6.07 Å². The first kappa shape index (κ1) is 11.6. The highest BCUT2D eigenvalue weighted by Crippen LogP contribution is 2.24. The van der Waals surface area contributed by atoms with Crippen LogP contribution in [0.3, 0.4) is 0 Å². The van der Waals surface area contributed by atoms with E-state index in [0.717, 1.165) is 10.4 Å². The molecule has 2 nitrogen and oxygen atoms in total. The number of hydrogen-bond donors (Lipinski definition) is 0. The predicted molar refractivity (Wildman–Crippen MR) is 68.2 cm³/mol. The van der Waals surface area contributed by atoms with Crippen molar-refractivity contribution in [2.24, 2.45) is 0 Å². The van der Waals surface area contributed by atoms with Gasteiger partial charge in [-0.3, -0.25) is 4.79 Å². The smallest absolute Gasteiger partial charge is 0.185 e. The summed E-state index contributed by atoms with van der Waals surface area (Å²) in [7, 11) is 0. The lowest BCUT2D eigenvalue weighted by Gasteiger charge is -2.06. The Balaban J connectivity index is 2.34. The summed E-state index contributed by atoms with van der Waals surface area (Å²) in [6, 6.07) is 13.1. The Morgan fingerprint density at radius 1 is 1.35 bits per heavy atom. The molecule has 3 heteroatoms. The first-order valence-corrected chi connectivity index (χ1v) is 6.14. The average molecular weight is 241 g/mol. The van der Waals surface area contributed by atoms with E-state index in [1.807, 2.05) is 42.6 Å². The van der Waals surface area contributed by atoms with E-state index in [9.17, 15) is 4.79 Å². The minimum Gasteiger partial charge on any atom is -0.292 e. The van der Waals surface area contributed by atoms with Crippen LogP contribution in [0.5, 0.6) is 0 Å². The van der Waals surface area contributed by atoms with Gasteiger partial charge in [0.15, 0.2) is 5.78 Å². The molecule has 1 aromatic heterocycles. The zero-order chi connectivity index (χ0) is 12.3. The van der Waals surface area contributed by atoms with E-state index >= 15 is 0 Å². The number of hydrogen-bond acceptors (Lipinski definition) is 3. The van der Waals surface area contributed by atoms with Crippen molar-refractivity contribution in [2.75, 3.05) is 0 Å². The van der Waals surface area contributed by atoms with E-state index in [2.05, 4.69) is 6.07 Å². The highest BCUT2D eigenvalue weighted by molar-refractivity contribution is 7.10. The predicted octanol–water partition coefficient (Wildman–Crippen LogP) is 3.55. The normalized spacial score (nSPS) is 11.8. The van der Waals surface area contributed by atoms with Crippen molar-refractivity contribution in [2.45, 2.75) is 12.8 Å². The molecule has 0 bridgehead atoms. The van der Waals surface area contributed by atoms with E-state index in [-0.39, 0.29) is 5.78 Å². The zero-order valence-corrected chi connectivity index (χ0v) is 10.2. The molecule has 0 aliphatic carbocycles. The summed E-state index contributed by atoms with van der Waals surface area (Å²) in [5.41, 5.74) is 1.63. The Morgan fingerprint density at radius 3 is 2.76 bits per heavy atom. The number of ketones is 1. The molecule has 0 fully saturated rings. The van der Waals surface area contributed by atoms with Crippen molar-refractivity contribution >= 4 is 17.1 Å². The Kier molecular flexibility index (Phi) is 3.36. The van der Waals surface area contributed by atoms with Gasteiger partial charge in [-0.05, 0) is 24.4 Å². The van der Waals surface area contributed by atoms with Crippen molar-refractivity contribution in [3.63, 3.8) is 0 Å². The molecular formula is C14H11NOS. The van der Waals surface area contributed by atoms with E-state index in [4.69, 9.17) is 5.26 Å². The van der Waals surface area contributed by atoms with Gasteiger partial charge < -0.3 is 0 Å². The van der Waals surface area contributed by atoms with Crippen LogP contribution in [0.4, 0.5) is 0 Å². The molecular weight excluding hydrogens is 230 g/mol. The topological polar surface area (TPSA) is 40.9 Å². The standard InChI is InChI=1S/C14H11NOS/c1-10-4-2-5-11(8-10)14(16)12(9-15)13-6-3-7-17-13/h2-8,12H,1H3. The monoisotopic (exact) mass is 241 g/mol. The van der Waals surface area contributed by atoms with Crippen LogP contribution < -0.4 is 0 Å². The molecule has 1 heterocycles. The number of thiophene rings is 1. The molecule has 0 aliphatic rings. The lowest BCUT2D eigenvalue weighted by Crippen LogP contribution is -2.10. The average Bonchev–Trinajstić information content (AvgIpc) is 2.83. The summed E-state index contributed by atoms with van der Waals surface area (Å²) < 4.78 is 0.